The minimum atomic E-state index is -0.388. The van der Waals surface area contributed by atoms with E-state index in [4.69, 9.17) is 0 Å². The van der Waals surface area contributed by atoms with E-state index in [1.54, 1.807) is 5.38 Å². The van der Waals surface area contributed by atoms with E-state index in [1.165, 1.54) is 11.3 Å². The van der Waals surface area contributed by atoms with Crippen LogP contribution < -0.4 is 16.0 Å². The number of nitrogens with one attached hydrogen (secondary N) is 3. The molecule has 0 saturated heterocycles. The Morgan fingerprint density at radius 1 is 1.24 bits per heavy atom. The monoisotopic (exact) mass is 304 g/mol. The van der Waals surface area contributed by atoms with Crippen LogP contribution >= 0.6 is 11.3 Å². The number of urea groups is 1. The van der Waals surface area contributed by atoms with Gasteiger partial charge in [0.15, 0.2) is 5.13 Å². The summed E-state index contributed by atoms with van der Waals surface area (Å²) in [6.07, 6.45) is 0. The van der Waals surface area contributed by atoms with E-state index in [1.807, 2.05) is 38.1 Å². The van der Waals surface area contributed by atoms with Gasteiger partial charge in [-0.05, 0) is 25.5 Å². The number of hydrogen-bond acceptors (Lipinski definition) is 4. The molecule has 7 heteroatoms. The van der Waals surface area contributed by atoms with Crippen molar-refractivity contribution in [2.75, 3.05) is 17.2 Å². The summed E-state index contributed by atoms with van der Waals surface area (Å²) in [5.74, 6) is -0.249. The summed E-state index contributed by atoms with van der Waals surface area (Å²) in [4.78, 5) is 27.5. The molecule has 2 aromatic rings. The zero-order valence-electron chi connectivity index (χ0n) is 11.8. The van der Waals surface area contributed by atoms with Crippen LogP contribution in [0.5, 0.6) is 0 Å². The number of benzene rings is 1. The molecule has 3 N–H and O–H groups in total. The van der Waals surface area contributed by atoms with Crippen molar-refractivity contribution in [1.82, 2.24) is 10.3 Å². The highest BCUT2D eigenvalue weighted by molar-refractivity contribution is 7.14. The Morgan fingerprint density at radius 2 is 2.00 bits per heavy atom. The predicted octanol–water partition coefficient (Wildman–Crippen LogP) is 2.85. The van der Waals surface area contributed by atoms with Crippen LogP contribution in [0.25, 0.3) is 0 Å². The van der Waals surface area contributed by atoms with Crippen molar-refractivity contribution >= 4 is 34.1 Å². The molecule has 6 nitrogen and oxygen atoms in total. The lowest BCUT2D eigenvalue weighted by Crippen LogP contribution is -2.23. The van der Waals surface area contributed by atoms with Gasteiger partial charge in [-0.3, -0.25) is 10.1 Å². The first-order chi connectivity index (χ1) is 10.1. The van der Waals surface area contributed by atoms with Crippen molar-refractivity contribution in [3.8, 4) is 0 Å². The van der Waals surface area contributed by atoms with Gasteiger partial charge in [0, 0.05) is 17.6 Å². The number of aromatic nitrogens is 1. The van der Waals surface area contributed by atoms with E-state index >= 15 is 0 Å². The molecule has 0 atom stereocenters. The van der Waals surface area contributed by atoms with Crippen molar-refractivity contribution in [3.05, 3.63) is 40.9 Å². The first-order valence-corrected chi connectivity index (χ1v) is 7.35. The van der Waals surface area contributed by atoms with Crippen LogP contribution in [0.3, 0.4) is 0 Å². The van der Waals surface area contributed by atoms with E-state index < -0.39 is 0 Å². The number of nitrogens with zero attached hydrogens (tertiary/aromatic N) is 1. The average molecular weight is 304 g/mol. The fraction of sp³-hybridized carbons (Fsp3) is 0.214. The number of thiazole rings is 1. The normalized spacial score (nSPS) is 10.0. The van der Waals surface area contributed by atoms with E-state index in [-0.39, 0.29) is 11.9 Å². The van der Waals surface area contributed by atoms with Gasteiger partial charge in [0.1, 0.15) is 5.69 Å². The molecule has 0 aliphatic rings. The van der Waals surface area contributed by atoms with Crippen LogP contribution in [0, 0.1) is 6.92 Å². The van der Waals surface area contributed by atoms with E-state index in [0.717, 1.165) is 11.3 Å². The molecule has 0 bridgehead atoms. The van der Waals surface area contributed by atoms with Crippen LogP contribution in [0.2, 0.25) is 0 Å². The summed E-state index contributed by atoms with van der Waals surface area (Å²) in [6.45, 7) is 4.28. The Hall–Kier alpha value is -2.41. The quantitative estimate of drug-likeness (QED) is 0.812. The zero-order chi connectivity index (χ0) is 15.2. The van der Waals surface area contributed by atoms with Gasteiger partial charge in [-0.1, -0.05) is 18.2 Å². The number of aryl methyl sites for hydroxylation is 1. The molecule has 0 radical (unpaired) electrons. The minimum absolute atomic E-state index is 0.249. The van der Waals surface area contributed by atoms with Crippen molar-refractivity contribution < 1.29 is 9.59 Å². The number of amides is 3. The first kappa shape index (κ1) is 15.0. The molecule has 2 rings (SSSR count). The Bertz CT molecular complexity index is 654. The third-order valence-electron chi connectivity index (χ3n) is 2.69. The third kappa shape index (κ3) is 4.03. The summed E-state index contributed by atoms with van der Waals surface area (Å²) in [5, 5.41) is 9.99. The van der Waals surface area contributed by atoms with Gasteiger partial charge in [0.25, 0.3) is 5.91 Å². The third-order valence-corrected chi connectivity index (χ3v) is 3.45. The summed E-state index contributed by atoms with van der Waals surface area (Å²) in [5.41, 5.74) is 2.00. The molecule has 3 amide bonds. The molecular formula is C14H16N4O2S. The van der Waals surface area contributed by atoms with Gasteiger partial charge in [0.2, 0.25) is 0 Å². The van der Waals surface area contributed by atoms with E-state index in [9.17, 15) is 9.59 Å². The molecule has 0 unspecified atom stereocenters. The topological polar surface area (TPSA) is 83.1 Å². The lowest BCUT2D eigenvalue weighted by atomic mass is 10.2. The summed E-state index contributed by atoms with van der Waals surface area (Å²) >= 11 is 1.20. The number of para-hydroxylation sites is 1. The largest absolute Gasteiger partial charge is 0.351 e. The van der Waals surface area contributed by atoms with Crippen LogP contribution in [-0.2, 0) is 0 Å². The Labute approximate surface area is 126 Å². The van der Waals surface area contributed by atoms with Crippen LogP contribution in [0.1, 0.15) is 23.0 Å². The van der Waals surface area contributed by atoms with Crippen LogP contribution in [0.4, 0.5) is 15.6 Å². The summed E-state index contributed by atoms with van der Waals surface area (Å²) < 4.78 is 0. The fourth-order valence-electron chi connectivity index (χ4n) is 1.65. The number of carbonyl (C=O) groups excluding carboxylic acids is 2. The van der Waals surface area contributed by atoms with E-state index in [2.05, 4.69) is 20.9 Å². The lowest BCUT2D eigenvalue weighted by Gasteiger charge is -2.07. The summed E-state index contributed by atoms with van der Waals surface area (Å²) in [6, 6.07) is 7.08. The van der Waals surface area contributed by atoms with Crippen molar-refractivity contribution in [1.29, 1.82) is 0 Å². The molecule has 1 heterocycles. The maximum Gasteiger partial charge on any atom is 0.325 e. The molecule has 1 aromatic heterocycles. The van der Waals surface area contributed by atoms with Gasteiger partial charge in [-0.15, -0.1) is 11.3 Å². The summed E-state index contributed by atoms with van der Waals surface area (Å²) in [7, 11) is 0. The van der Waals surface area contributed by atoms with Crippen molar-refractivity contribution in [2.45, 2.75) is 13.8 Å². The van der Waals surface area contributed by atoms with Crippen molar-refractivity contribution in [2.24, 2.45) is 0 Å². The van der Waals surface area contributed by atoms with Gasteiger partial charge in [0.05, 0.1) is 0 Å². The first-order valence-electron chi connectivity index (χ1n) is 6.47. The van der Waals surface area contributed by atoms with Gasteiger partial charge < -0.3 is 10.6 Å². The minimum Gasteiger partial charge on any atom is -0.351 e. The number of rotatable bonds is 4. The van der Waals surface area contributed by atoms with Gasteiger partial charge >= 0.3 is 6.03 Å². The number of anilines is 2. The molecule has 0 spiro atoms. The SMILES string of the molecule is CCNC(=O)c1csc(NC(=O)Nc2ccccc2C)n1. The molecule has 21 heavy (non-hydrogen) atoms. The highest BCUT2D eigenvalue weighted by Crippen LogP contribution is 2.17. The van der Waals surface area contributed by atoms with E-state index in [0.29, 0.717) is 17.4 Å². The highest BCUT2D eigenvalue weighted by Gasteiger charge is 2.11. The smallest absolute Gasteiger partial charge is 0.325 e. The zero-order valence-corrected chi connectivity index (χ0v) is 12.6. The molecular weight excluding hydrogens is 288 g/mol. The predicted molar refractivity (Wildman–Crippen MR) is 83.9 cm³/mol. The number of hydrogen-bond donors (Lipinski definition) is 3. The molecule has 1 aromatic carbocycles. The van der Waals surface area contributed by atoms with Crippen LogP contribution in [0.15, 0.2) is 29.6 Å². The van der Waals surface area contributed by atoms with Gasteiger partial charge in [-0.2, -0.15) is 0 Å². The van der Waals surface area contributed by atoms with Crippen LogP contribution in [-0.4, -0.2) is 23.5 Å². The Balaban J connectivity index is 1.97. The molecule has 0 aliphatic carbocycles. The Morgan fingerprint density at radius 3 is 2.71 bits per heavy atom. The van der Waals surface area contributed by atoms with Gasteiger partial charge in [-0.25, -0.2) is 9.78 Å². The maximum atomic E-state index is 11.9. The molecule has 0 fully saturated rings. The standard InChI is InChI=1S/C14H16N4O2S/c1-3-15-12(19)11-8-21-14(17-11)18-13(20)16-10-7-5-4-6-9(10)2/h4-8H,3H2,1-2H3,(H,15,19)(H2,16,17,18,20). The molecule has 110 valence electrons. The van der Waals surface area contributed by atoms with Crippen molar-refractivity contribution in [3.63, 3.8) is 0 Å². The number of carbonyl (C=O) groups is 2. The second-order valence-electron chi connectivity index (χ2n) is 4.29. The fourth-order valence-corrected chi connectivity index (χ4v) is 2.34. The maximum absolute atomic E-state index is 11.9. The molecule has 0 saturated carbocycles. The average Bonchev–Trinajstić information content (AvgIpc) is 2.90. The second kappa shape index (κ2) is 6.85. The second-order valence-corrected chi connectivity index (χ2v) is 5.15. The molecule has 0 aliphatic heterocycles. The highest BCUT2D eigenvalue weighted by atomic mass is 32.1. The Kier molecular flexibility index (Phi) is 4.89. The lowest BCUT2D eigenvalue weighted by molar-refractivity contribution is 0.0951.